The summed E-state index contributed by atoms with van der Waals surface area (Å²) >= 11 is 0. The molecule has 1 unspecified atom stereocenters. The number of rotatable bonds is 4. The number of carboxylic acids is 2. The van der Waals surface area contributed by atoms with E-state index in [9.17, 15) is 35.9 Å². The van der Waals surface area contributed by atoms with Crippen molar-refractivity contribution in [1.82, 2.24) is 19.7 Å². The van der Waals surface area contributed by atoms with Crippen LogP contribution in [0.4, 0.5) is 36.8 Å². The summed E-state index contributed by atoms with van der Waals surface area (Å²) in [4.78, 5) is 53.7. The molecule has 2 aliphatic heterocycles. The molecule has 1 atom stereocenters. The first-order valence-electron chi connectivity index (χ1n) is 13.1. The van der Waals surface area contributed by atoms with Crippen molar-refractivity contribution < 1.29 is 55.7 Å². The first-order valence-corrected chi connectivity index (χ1v) is 13.1. The number of nitrogens with zero attached hydrogens (tertiary/aromatic N) is 4. The summed E-state index contributed by atoms with van der Waals surface area (Å²) in [6.07, 6.45) is -6.07. The lowest BCUT2D eigenvalue weighted by Gasteiger charge is -2.33. The largest absolute Gasteiger partial charge is 0.490 e. The molecule has 3 heterocycles. The number of carbonyl (C=O) groups excluding carboxylic acids is 2. The third-order valence-corrected chi connectivity index (χ3v) is 6.51. The number of pyridine rings is 1. The van der Waals surface area contributed by atoms with Gasteiger partial charge in [0, 0.05) is 75.7 Å². The van der Waals surface area contributed by atoms with Crippen molar-refractivity contribution in [3.63, 3.8) is 0 Å². The van der Waals surface area contributed by atoms with Crippen molar-refractivity contribution in [2.75, 3.05) is 44.6 Å². The second kappa shape index (κ2) is 15.4. The number of nitrogens with one attached hydrogen (secondary N) is 1. The molecule has 2 saturated heterocycles. The summed E-state index contributed by atoms with van der Waals surface area (Å²) in [6, 6.07) is 13.5. The second-order valence-electron chi connectivity index (χ2n) is 9.97. The molecule has 0 bridgehead atoms. The van der Waals surface area contributed by atoms with Crippen molar-refractivity contribution in [1.29, 1.82) is 0 Å². The Kier molecular flexibility index (Phi) is 12.5. The molecule has 4 rings (SSSR count). The SMILES string of the molecule is CCN1CC2(CC1=O)CN(Cc1ccncc1)CCN(C(=O)Nc1ccccc1)C2.O=C(O)C(F)(F)F.O=C(O)C(F)(F)F. The lowest BCUT2D eigenvalue weighted by molar-refractivity contribution is -0.193. The molecule has 11 nitrogen and oxygen atoms in total. The van der Waals surface area contributed by atoms with Crippen LogP contribution in [0.25, 0.3) is 0 Å². The monoisotopic (exact) mass is 635 g/mol. The van der Waals surface area contributed by atoms with Gasteiger partial charge in [0.15, 0.2) is 0 Å². The number of likely N-dealkylation sites (tertiary alicyclic amines) is 1. The first kappa shape index (κ1) is 35.8. The van der Waals surface area contributed by atoms with Gasteiger partial charge in [-0.3, -0.25) is 14.7 Å². The fraction of sp³-hybridized carbons (Fsp3) is 0.444. The number of hydrogen-bond donors (Lipinski definition) is 3. The zero-order chi connectivity index (χ0) is 33.1. The van der Waals surface area contributed by atoms with Crippen LogP contribution in [0.1, 0.15) is 18.9 Å². The van der Waals surface area contributed by atoms with Crippen LogP contribution >= 0.6 is 0 Å². The molecule has 3 N–H and O–H groups in total. The minimum absolute atomic E-state index is 0.103. The minimum atomic E-state index is -5.08. The number of anilines is 1. The molecule has 242 valence electrons. The average Bonchev–Trinajstić information content (AvgIpc) is 3.14. The number of alkyl halides is 6. The molecule has 3 amide bonds. The minimum Gasteiger partial charge on any atom is -0.475 e. The fourth-order valence-electron chi connectivity index (χ4n) is 4.61. The number of benzene rings is 1. The summed E-state index contributed by atoms with van der Waals surface area (Å²) < 4.78 is 63.5. The maximum absolute atomic E-state index is 13.0. The Morgan fingerprint density at radius 1 is 0.886 bits per heavy atom. The summed E-state index contributed by atoms with van der Waals surface area (Å²) in [5.74, 6) is -5.33. The van der Waals surface area contributed by atoms with E-state index in [-0.39, 0.29) is 17.4 Å². The molecular weight excluding hydrogens is 604 g/mol. The summed E-state index contributed by atoms with van der Waals surface area (Å²) in [5.41, 5.74) is 1.73. The van der Waals surface area contributed by atoms with Crippen LogP contribution in [-0.2, 0) is 20.9 Å². The molecule has 1 spiro atoms. The second-order valence-corrected chi connectivity index (χ2v) is 9.97. The predicted molar refractivity (Wildman–Crippen MR) is 143 cm³/mol. The van der Waals surface area contributed by atoms with Crippen LogP contribution in [-0.4, -0.2) is 105 Å². The van der Waals surface area contributed by atoms with Crippen LogP contribution < -0.4 is 5.32 Å². The first-order chi connectivity index (χ1) is 20.5. The highest BCUT2D eigenvalue weighted by Crippen LogP contribution is 2.35. The molecular formula is C27H31F6N5O6. The van der Waals surface area contributed by atoms with E-state index in [1.54, 1.807) is 12.4 Å². The quantitative estimate of drug-likeness (QED) is 0.429. The van der Waals surface area contributed by atoms with Crippen LogP contribution in [0.2, 0.25) is 0 Å². The van der Waals surface area contributed by atoms with Crippen LogP contribution in [0.5, 0.6) is 0 Å². The van der Waals surface area contributed by atoms with Gasteiger partial charge in [0.2, 0.25) is 5.91 Å². The number of aromatic nitrogens is 1. The molecule has 0 saturated carbocycles. The van der Waals surface area contributed by atoms with Gasteiger partial charge in [-0.05, 0) is 36.8 Å². The number of carboxylic acid groups (broad SMARTS) is 2. The summed E-state index contributed by atoms with van der Waals surface area (Å²) in [7, 11) is 0. The molecule has 2 aliphatic rings. The van der Waals surface area contributed by atoms with Crippen molar-refractivity contribution >= 4 is 29.6 Å². The number of halogens is 6. The van der Waals surface area contributed by atoms with Gasteiger partial charge in [0.25, 0.3) is 0 Å². The van der Waals surface area contributed by atoms with E-state index < -0.39 is 24.3 Å². The normalized spacial score (nSPS) is 18.8. The fourth-order valence-corrected chi connectivity index (χ4v) is 4.61. The van der Waals surface area contributed by atoms with Gasteiger partial charge in [0.1, 0.15) is 0 Å². The van der Waals surface area contributed by atoms with Gasteiger partial charge < -0.3 is 25.3 Å². The maximum Gasteiger partial charge on any atom is 0.490 e. The van der Waals surface area contributed by atoms with E-state index >= 15 is 0 Å². The van der Waals surface area contributed by atoms with E-state index in [0.29, 0.717) is 32.6 Å². The molecule has 44 heavy (non-hydrogen) atoms. The van der Waals surface area contributed by atoms with Crippen molar-refractivity contribution in [2.45, 2.75) is 32.2 Å². The van der Waals surface area contributed by atoms with Gasteiger partial charge in [0.05, 0.1) is 0 Å². The molecule has 0 aliphatic carbocycles. The van der Waals surface area contributed by atoms with Gasteiger partial charge in [-0.15, -0.1) is 0 Å². The number of hydrogen-bond acceptors (Lipinski definition) is 6. The van der Waals surface area contributed by atoms with Gasteiger partial charge >= 0.3 is 30.3 Å². The van der Waals surface area contributed by atoms with Crippen molar-refractivity contribution in [3.8, 4) is 0 Å². The zero-order valence-corrected chi connectivity index (χ0v) is 23.4. The third kappa shape index (κ3) is 11.3. The number of para-hydroxylation sites is 1. The Morgan fingerprint density at radius 3 is 1.91 bits per heavy atom. The van der Waals surface area contributed by atoms with E-state index in [4.69, 9.17) is 19.8 Å². The smallest absolute Gasteiger partial charge is 0.475 e. The van der Waals surface area contributed by atoms with E-state index in [0.717, 1.165) is 25.3 Å². The molecule has 2 aromatic rings. The molecule has 2 fully saturated rings. The van der Waals surface area contributed by atoms with E-state index in [2.05, 4.69) is 15.2 Å². The Balaban J connectivity index is 0.000000402. The van der Waals surface area contributed by atoms with Crippen LogP contribution in [0, 0.1) is 5.41 Å². The Bertz CT molecular complexity index is 1240. The van der Waals surface area contributed by atoms with Gasteiger partial charge in [-0.2, -0.15) is 26.3 Å². The molecule has 1 aromatic carbocycles. The van der Waals surface area contributed by atoms with E-state index in [1.807, 2.05) is 59.2 Å². The molecule has 1 aromatic heterocycles. The average molecular weight is 636 g/mol. The number of aliphatic carboxylic acids is 2. The van der Waals surface area contributed by atoms with Crippen molar-refractivity contribution in [3.05, 3.63) is 60.4 Å². The van der Waals surface area contributed by atoms with Crippen LogP contribution in [0.3, 0.4) is 0 Å². The Hall–Kier alpha value is -4.41. The molecule has 17 heteroatoms. The Labute approximate surface area is 248 Å². The number of amides is 3. The zero-order valence-electron chi connectivity index (χ0n) is 23.4. The maximum atomic E-state index is 13.0. The highest BCUT2D eigenvalue weighted by atomic mass is 19.4. The lowest BCUT2D eigenvalue weighted by atomic mass is 9.86. The van der Waals surface area contributed by atoms with Gasteiger partial charge in [-0.25, -0.2) is 14.4 Å². The third-order valence-electron chi connectivity index (χ3n) is 6.51. The topological polar surface area (TPSA) is 143 Å². The lowest BCUT2D eigenvalue weighted by Crippen LogP contribution is -2.45. The number of urea groups is 1. The van der Waals surface area contributed by atoms with Crippen molar-refractivity contribution in [2.24, 2.45) is 5.41 Å². The highest BCUT2D eigenvalue weighted by Gasteiger charge is 2.47. The Morgan fingerprint density at radius 2 is 1.43 bits per heavy atom. The van der Waals surface area contributed by atoms with Crippen LogP contribution in [0.15, 0.2) is 54.9 Å². The summed E-state index contributed by atoms with van der Waals surface area (Å²) in [5, 5.41) is 17.3. The van der Waals surface area contributed by atoms with E-state index in [1.165, 1.54) is 5.56 Å². The number of carbonyl (C=O) groups is 4. The highest BCUT2D eigenvalue weighted by molar-refractivity contribution is 5.89. The predicted octanol–water partition coefficient (Wildman–Crippen LogP) is 3.94. The van der Waals surface area contributed by atoms with Gasteiger partial charge in [-0.1, -0.05) is 18.2 Å². The molecule has 0 radical (unpaired) electrons. The standard InChI is InChI=1S/C23H29N5O2.2C2HF3O2/c1-2-27-17-23(14-21(27)29)16-26(15-19-8-10-24-11-9-19)12-13-28(18-23)22(30)25-20-6-4-3-5-7-20;2*3-2(4,5)1(6)7/h3-11H,2,12-18H2,1H3,(H,25,30);2*(H,6,7). The summed E-state index contributed by atoms with van der Waals surface area (Å²) in [6.45, 7) is 7.00.